The SMILES string of the molecule is CNC(=O)c1ccc(NC(=O)Nc2ccc(C3=NCCN3)cc2)cc1NC(=O)Nc1ccc(C2=NCCN2)cc1.Cl. The van der Waals surface area contributed by atoms with Gasteiger partial charge in [-0.15, -0.1) is 12.4 Å². The monoisotopic (exact) mass is 575 g/mol. The highest BCUT2D eigenvalue weighted by molar-refractivity contribution is 6.08. The fourth-order valence-corrected chi connectivity index (χ4v) is 4.24. The summed E-state index contributed by atoms with van der Waals surface area (Å²) in [5.41, 5.74) is 3.89. The van der Waals surface area contributed by atoms with Crippen LogP contribution in [0.5, 0.6) is 0 Å². The summed E-state index contributed by atoms with van der Waals surface area (Å²) in [6.07, 6.45) is 0. The predicted octanol–water partition coefficient (Wildman–Crippen LogP) is 3.46. The smallest absolute Gasteiger partial charge is 0.323 e. The highest BCUT2D eigenvalue weighted by atomic mass is 35.5. The van der Waals surface area contributed by atoms with Gasteiger partial charge in [0.05, 0.1) is 24.3 Å². The van der Waals surface area contributed by atoms with Gasteiger partial charge in [0.2, 0.25) is 0 Å². The van der Waals surface area contributed by atoms with Crippen LogP contribution in [0.3, 0.4) is 0 Å². The summed E-state index contributed by atoms with van der Waals surface area (Å²) in [7, 11) is 1.50. The van der Waals surface area contributed by atoms with Crippen LogP contribution in [-0.4, -0.2) is 62.9 Å². The van der Waals surface area contributed by atoms with Gasteiger partial charge in [0.1, 0.15) is 11.7 Å². The van der Waals surface area contributed by atoms with Crippen molar-refractivity contribution in [2.75, 3.05) is 54.5 Å². The number of carbonyl (C=O) groups excluding carboxylic acids is 3. The minimum absolute atomic E-state index is 0. The van der Waals surface area contributed by atoms with Gasteiger partial charge in [0, 0.05) is 48.3 Å². The highest BCUT2D eigenvalue weighted by Crippen LogP contribution is 2.22. The second-order valence-corrected chi connectivity index (χ2v) is 8.97. The molecule has 3 aromatic carbocycles. The van der Waals surface area contributed by atoms with Crippen molar-refractivity contribution in [1.29, 1.82) is 0 Å². The molecule has 0 aromatic heterocycles. The molecule has 0 spiro atoms. The van der Waals surface area contributed by atoms with Crippen LogP contribution in [0.15, 0.2) is 76.7 Å². The first-order valence-corrected chi connectivity index (χ1v) is 12.8. The second-order valence-electron chi connectivity index (χ2n) is 8.97. The van der Waals surface area contributed by atoms with Gasteiger partial charge in [0.15, 0.2) is 0 Å². The molecule has 0 saturated carbocycles. The van der Waals surface area contributed by atoms with Crippen molar-refractivity contribution in [2.45, 2.75) is 0 Å². The van der Waals surface area contributed by atoms with Crippen LogP contribution in [0.2, 0.25) is 0 Å². The number of nitrogens with zero attached hydrogens (tertiary/aromatic N) is 2. The molecular formula is C28H30ClN9O3. The zero-order chi connectivity index (χ0) is 27.9. The second kappa shape index (κ2) is 13.3. The molecule has 0 atom stereocenters. The number of hydrogen-bond donors (Lipinski definition) is 7. The van der Waals surface area contributed by atoms with Gasteiger partial charge in [0.25, 0.3) is 5.91 Å². The molecular weight excluding hydrogens is 546 g/mol. The van der Waals surface area contributed by atoms with Gasteiger partial charge in [-0.3, -0.25) is 14.8 Å². The number of nitrogens with one attached hydrogen (secondary N) is 7. The summed E-state index contributed by atoms with van der Waals surface area (Å²) in [5.74, 6) is 1.28. The molecule has 0 radical (unpaired) electrons. The predicted molar refractivity (Wildman–Crippen MR) is 164 cm³/mol. The van der Waals surface area contributed by atoms with Crippen molar-refractivity contribution in [3.05, 3.63) is 83.4 Å². The molecule has 0 fully saturated rings. The number of rotatable bonds is 7. The Bertz CT molecular complexity index is 1490. The number of carbonyl (C=O) groups is 3. The lowest BCUT2D eigenvalue weighted by atomic mass is 10.1. The molecule has 2 aliphatic rings. The number of benzene rings is 3. The highest BCUT2D eigenvalue weighted by Gasteiger charge is 2.15. The average Bonchev–Trinajstić information content (AvgIpc) is 3.69. The Morgan fingerprint density at radius 1 is 0.659 bits per heavy atom. The summed E-state index contributed by atoms with van der Waals surface area (Å²) >= 11 is 0. The van der Waals surface area contributed by atoms with Crippen LogP contribution >= 0.6 is 12.4 Å². The molecule has 0 aliphatic carbocycles. The van der Waals surface area contributed by atoms with Crippen LogP contribution < -0.4 is 37.2 Å². The standard InChI is InChI=1S/C28H29N9O3.ClH/c1-29-26(38)22-11-10-21(36-27(39)34-19-6-2-17(3-7-19)24-30-12-13-31-24)16-23(22)37-28(40)35-20-8-4-18(5-9-20)25-32-14-15-33-25;/h2-11,16H,12-15H2,1H3,(H,29,38)(H,30,31)(H,32,33)(H2,34,36,39)(H2,35,37,40);1H. The lowest BCUT2D eigenvalue weighted by molar-refractivity contribution is 0.0964. The lowest BCUT2D eigenvalue weighted by Crippen LogP contribution is -2.25. The van der Waals surface area contributed by atoms with Crippen molar-refractivity contribution in [3.8, 4) is 0 Å². The number of amides is 5. The van der Waals surface area contributed by atoms with E-state index in [4.69, 9.17) is 0 Å². The first kappa shape index (κ1) is 28.9. The van der Waals surface area contributed by atoms with Crippen LogP contribution in [-0.2, 0) is 0 Å². The van der Waals surface area contributed by atoms with Gasteiger partial charge in [-0.05, 0) is 66.7 Å². The van der Waals surface area contributed by atoms with Crippen LogP contribution in [0.1, 0.15) is 21.5 Å². The first-order chi connectivity index (χ1) is 19.5. The van der Waals surface area contributed by atoms with Crippen molar-refractivity contribution in [2.24, 2.45) is 9.98 Å². The van der Waals surface area contributed by atoms with E-state index >= 15 is 0 Å². The van der Waals surface area contributed by atoms with Gasteiger partial charge in [-0.2, -0.15) is 0 Å². The summed E-state index contributed by atoms with van der Waals surface area (Å²) in [4.78, 5) is 46.6. The molecule has 7 N–H and O–H groups in total. The Labute approximate surface area is 242 Å². The van der Waals surface area contributed by atoms with E-state index in [1.54, 1.807) is 30.3 Å². The third kappa shape index (κ3) is 7.31. The Kier molecular flexibility index (Phi) is 9.38. The van der Waals surface area contributed by atoms with E-state index in [0.717, 1.165) is 49.0 Å². The zero-order valence-corrected chi connectivity index (χ0v) is 23.0. The maximum Gasteiger partial charge on any atom is 0.323 e. The molecule has 5 amide bonds. The van der Waals surface area contributed by atoms with Crippen molar-refractivity contribution in [1.82, 2.24) is 16.0 Å². The average molecular weight is 576 g/mol. The molecule has 3 aromatic rings. The van der Waals surface area contributed by atoms with E-state index in [9.17, 15) is 14.4 Å². The molecule has 2 aliphatic heterocycles. The molecule has 41 heavy (non-hydrogen) atoms. The molecule has 0 unspecified atom stereocenters. The van der Waals surface area contributed by atoms with E-state index in [0.29, 0.717) is 17.1 Å². The number of aliphatic imine (C=N–C) groups is 2. The molecule has 12 nitrogen and oxygen atoms in total. The quantitative estimate of drug-likeness (QED) is 0.229. The minimum Gasteiger partial charge on any atom is -0.368 e. The van der Waals surface area contributed by atoms with E-state index < -0.39 is 12.1 Å². The first-order valence-electron chi connectivity index (χ1n) is 12.8. The lowest BCUT2D eigenvalue weighted by Gasteiger charge is -2.14. The Morgan fingerprint density at radius 3 is 1.59 bits per heavy atom. The van der Waals surface area contributed by atoms with Crippen LogP contribution in [0.25, 0.3) is 0 Å². The Balaban J connectivity index is 0.00000387. The van der Waals surface area contributed by atoms with Crippen LogP contribution in [0, 0.1) is 0 Å². The Hall–Kier alpha value is -5.10. The number of halogens is 1. The molecule has 5 rings (SSSR count). The van der Waals surface area contributed by atoms with Gasteiger partial charge in [-0.25, -0.2) is 9.59 Å². The number of urea groups is 2. The van der Waals surface area contributed by atoms with Gasteiger partial charge >= 0.3 is 12.1 Å². The molecule has 2 heterocycles. The minimum atomic E-state index is -0.544. The van der Waals surface area contributed by atoms with Crippen molar-refractivity contribution >= 4 is 64.8 Å². The Morgan fingerprint density at radius 2 is 1.12 bits per heavy atom. The molecule has 212 valence electrons. The number of amidine groups is 2. The normalized spacial score (nSPS) is 13.4. The molecule has 13 heteroatoms. The summed E-state index contributed by atoms with van der Waals surface area (Å²) in [6, 6.07) is 18.2. The third-order valence-corrected chi connectivity index (χ3v) is 6.18. The van der Waals surface area contributed by atoms with E-state index in [1.807, 2.05) is 24.3 Å². The summed E-state index contributed by atoms with van der Waals surface area (Å²) in [5, 5.41) is 19.9. The molecule has 0 saturated heterocycles. The molecule has 0 bridgehead atoms. The van der Waals surface area contributed by atoms with Gasteiger partial charge < -0.3 is 37.2 Å². The maximum atomic E-state index is 12.8. The van der Waals surface area contributed by atoms with Gasteiger partial charge in [-0.1, -0.05) is 0 Å². The summed E-state index contributed by atoms with van der Waals surface area (Å²) in [6.45, 7) is 3.11. The van der Waals surface area contributed by atoms with E-state index in [2.05, 4.69) is 47.2 Å². The van der Waals surface area contributed by atoms with Crippen molar-refractivity contribution in [3.63, 3.8) is 0 Å². The largest absolute Gasteiger partial charge is 0.368 e. The van der Waals surface area contributed by atoms with Crippen molar-refractivity contribution < 1.29 is 14.4 Å². The topological polar surface area (TPSA) is 160 Å². The zero-order valence-electron chi connectivity index (χ0n) is 22.2. The fourth-order valence-electron chi connectivity index (χ4n) is 4.24. The number of anilines is 4. The fraction of sp³-hybridized carbons (Fsp3) is 0.179. The number of hydrogen-bond acceptors (Lipinski definition) is 7. The van der Waals surface area contributed by atoms with E-state index in [1.165, 1.54) is 19.2 Å². The van der Waals surface area contributed by atoms with E-state index in [-0.39, 0.29) is 29.6 Å². The summed E-state index contributed by atoms with van der Waals surface area (Å²) < 4.78 is 0. The van der Waals surface area contributed by atoms with Crippen LogP contribution in [0.4, 0.5) is 32.3 Å². The maximum absolute atomic E-state index is 12.8. The third-order valence-electron chi connectivity index (χ3n) is 6.18.